The maximum absolute atomic E-state index is 15.2. The van der Waals surface area contributed by atoms with Gasteiger partial charge in [0.2, 0.25) is 0 Å². The number of fused-ring (bicyclic) bond motifs is 1. The standard InChI is InChI=1S/C22H21FN6O2/c1-13-5-8-17(29-24-9-10-25-29)19(20(13)23)22(30)28-11-3-4-18(28)21-26-15-7-6-14(31-2)12-16(15)27-21/h5-10,12,18H,3-4,11H2,1-2H3,(H,26,27)/t18-/m0/s1. The first-order valence-electron chi connectivity index (χ1n) is 10.1. The SMILES string of the molecule is COc1ccc2[nH]c([C@@H]3CCCN3C(=O)c3c(-n4nccn4)ccc(C)c3F)nc2c1. The van der Waals surface area contributed by atoms with E-state index >= 15 is 4.39 Å². The Morgan fingerprint density at radius 3 is 2.81 bits per heavy atom. The van der Waals surface area contributed by atoms with Crippen LogP contribution in [0.4, 0.5) is 4.39 Å². The van der Waals surface area contributed by atoms with E-state index in [0.29, 0.717) is 29.4 Å². The molecule has 1 fully saturated rings. The second-order valence-electron chi connectivity index (χ2n) is 7.57. The van der Waals surface area contributed by atoms with E-state index in [2.05, 4.69) is 20.2 Å². The largest absolute Gasteiger partial charge is 0.497 e. The molecule has 0 radical (unpaired) electrons. The molecular formula is C22H21FN6O2. The molecule has 1 saturated heterocycles. The molecule has 1 atom stereocenters. The monoisotopic (exact) mass is 420 g/mol. The summed E-state index contributed by atoms with van der Waals surface area (Å²) in [5, 5.41) is 8.17. The first-order valence-corrected chi connectivity index (χ1v) is 10.1. The molecule has 1 amide bonds. The molecule has 0 bridgehead atoms. The molecule has 0 aliphatic carbocycles. The van der Waals surface area contributed by atoms with E-state index in [1.165, 1.54) is 17.2 Å². The molecule has 1 aliphatic rings. The zero-order chi connectivity index (χ0) is 21.5. The molecular weight excluding hydrogens is 399 g/mol. The van der Waals surface area contributed by atoms with Gasteiger partial charge < -0.3 is 14.6 Å². The van der Waals surface area contributed by atoms with E-state index in [0.717, 1.165) is 23.9 Å². The van der Waals surface area contributed by atoms with Gasteiger partial charge in [-0.05, 0) is 43.5 Å². The summed E-state index contributed by atoms with van der Waals surface area (Å²) in [6.07, 6.45) is 4.53. The number of carbonyl (C=O) groups excluding carboxylic acids is 1. The predicted octanol–water partition coefficient (Wildman–Crippen LogP) is 3.58. The minimum atomic E-state index is -0.556. The first-order chi connectivity index (χ1) is 15.1. The van der Waals surface area contributed by atoms with Crippen LogP contribution in [0.2, 0.25) is 0 Å². The third-order valence-electron chi connectivity index (χ3n) is 5.70. The Hall–Kier alpha value is -3.75. The summed E-state index contributed by atoms with van der Waals surface area (Å²) in [5.41, 5.74) is 2.31. The van der Waals surface area contributed by atoms with Gasteiger partial charge in [-0.3, -0.25) is 4.79 Å². The number of benzene rings is 2. The minimum Gasteiger partial charge on any atom is -0.497 e. The quantitative estimate of drug-likeness (QED) is 0.545. The van der Waals surface area contributed by atoms with Crippen LogP contribution in [-0.2, 0) is 0 Å². The van der Waals surface area contributed by atoms with Gasteiger partial charge in [0.05, 0.1) is 36.6 Å². The lowest BCUT2D eigenvalue weighted by atomic mass is 10.1. The van der Waals surface area contributed by atoms with Gasteiger partial charge in [0, 0.05) is 12.6 Å². The Bertz CT molecular complexity index is 1270. The maximum Gasteiger partial charge on any atom is 0.259 e. The molecule has 2 aromatic carbocycles. The number of methoxy groups -OCH3 is 1. The van der Waals surface area contributed by atoms with E-state index in [9.17, 15) is 4.79 Å². The van der Waals surface area contributed by atoms with Crippen molar-refractivity contribution >= 4 is 16.9 Å². The summed E-state index contributed by atoms with van der Waals surface area (Å²) in [6.45, 7) is 2.16. The average Bonchev–Trinajstić information content (AvgIpc) is 3.53. The number of hydrogen-bond acceptors (Lipinski definition) is 5. The molecule has 4 aromatic rings. The van der Waals surface area contributed by atoms with Crippen molar-refractivity contribution in [3.8, 4) is 11.4 Å². The normalized spacial score (nSPS) is 16.2. The summed E-state index contributed by atoms with van der Waals surface area (Å²) in [5.74, 6) is 0.442. The fourth-order valence-corrected chi connectivity index (χ4v) is 4.11. The smallest absolute Gasteiger partial charge is 0.259 e. The number of ether oxygens (including phenoxy) is 1. The lowest BCUT2D eigenvalue weighted by Gasteiger charge is -2.24. The van der Waals surface area contributed by atoms with Crippen molar-refractivity contribution in [3.63, 3.8) is 0 Å². The molecule has 1 N–H and O–H groups in total. The first kappa shape index (κ1) is 19.2. The van der Waals surface area contributed by atoms with E-state index in [-0.39, 0.29) is 11.6 Å². The van der Waals surface area contributed by atoms with Crippen molar-refractivity contribution in [1.82, 2.24) is 29.9 Å². The number of imidazole rings is 1. The molecule has 2 aromatic heterocycles. The maximum atomic E-state index is 15.2. The number of aromatic nitrogens is 5. The fraction of sp³-hybridized carbons (Fsp3) is 0.273. The number of nitrogens with zero attached hydrogens (tertiary/aromatic N) is 5. The summed E-state index contributed by atoms with van der Waals surface area (Å²) < 4.78 is 20.5. The zero-order valence-electron chi connectivity index (χ0n) is 17.2. The molecule has 0 unspecified atom stereocenters. The predicted molar refractivity (Wildman–Crippen MR) is 112 cm³/mol. The molecule has 3 heterocycles. The average molecular weight is 420 g/mol. The lowest BCUT2D eigenvalue weighted by molar-refractivity contribution is 0.0725. The highest BCUT2D eigenvalue weighted by Gasteiger charge is 2.35. The Labute approximate surface area is 177 Å². The van der Waals surface area contributed by atoms with E-state index in [4.69, 9.17) is 4.74 Å². The molecule has 1 aliphatic heterocycles. The fourth-order valence-electron chi connectivity index (χ4n) is 4.11. The summed E-state index contributed by atoms with van der Waals surface area (Å²) >= 11 is 0. The number of amides is 1. The topological polar surface area (TPSA) is 88.9 Å². The Morgan fingerprint density at radius 1 is 1.23 bits per heavy atom. The van der Waals surface area contributed by atoms with Gasteiger partial charge in [0.1, 0.15) is 28.6 Å². The van der Waals surface area contributed by atoms with Gasteiger partial charge in [-0.1, -0.05) is 6.07 Å². The van der Waals surface area contributed by atoms with Crippen molar-refractivity contribution in [3.05, 3.63) is 65.5 Å². The number of carbonyl (C=O) groups is 1. The minimum absolute atomic E-state index is 0.0270. The number of halogens is 1. The van der Waals surface area contributed by atoms with Gasteiger partial charge in [0.25, 0.3) is 5.91 Å². The Morgan fingerprint density at radius 2 is 2.03 bits per heavy atom. The van der Waals surface area contributed by atoms with Crippen molar-refractivity contribution < 1.29 is 13.9 Å². The zero-order valence-corrected chi connectivity index (χ0v) is 17.2. The van der Waals surface area contributed by atoms with Gasteiger partial charge >= 0.3 is 0 Å². The third-order valence-corrected chi connectivity index (χ3v) is 5.70. The van der Waals surface area contributed by atoms with Crippen LogP contribution in [0.3, 0.4) is 0 Å². The van der Waals surface area contributed by atoms with Crippen molar-refractivity contribution in [2.45, 2.75) is 25.8 Å². The van der Waals surface area contributed by atoms with Crippen LogP contribution < -0.4 is 4.74 Å². The molecule has 0 saturated carbocycles. The van der Waals surface area contributed by atoms with E-state index in [1.807, 2.05) is 18.2 Å². The van der Waals surface area contributed by atoms with Gasteiger partial charge in [-0.2, -0.15) is 15.0 Å². The van der Waals surface area contributed by atoms with Crippen LogP contribution in [-0.4, -0.2) is 49.4 Å². The summed E-state index contributed by atoms with van der Waals surface area (Å²) in [4.78, 5) is 24.5. The van der Waals surface area contributed by atoms with Crippen molar-refractivity contribution in [2.24, 2.45) is 0 Å². The number of aromatic amines is 1. The van der Waals surface area contributed by atoms with Crippen molar-refractivity contribution in [2.75, 3.05) is 13.7 Å². The number of rotatable bonds is 4. The van der Waals surface area contributed by atoms with E-state index < -0.39 is 11.7 Å². The highest BCUT2D eigenvalue weighted by molar-refractivity contribution is 5.98. The number of aryl methyl sites for hydroxylation is 1. The highest BCUT2D eigenvalue weighted by Crippen LogP contribution is 2.35. The van der Waals surface area contributed by atoms with Crippen LogP contribution in [0.5, 0.6) is 5.75 Å². The van der Waals surface area contributed by atoms with Gasteiger partial charge in [-0.15, -0.1) is 0 Å². The van der Waals surface area contributed by atoms with Crippen LogP contribution in [0.1, 0.15) is 40.6 Å². The molecule has 0 spiro atoms. The van der Waals surface area contributed by atoms with Crippen LogP contribution >= 0.6 is 0 Å². The molecule has 158 valence electrons. The second-order valence-corrected chi connectivity index (χ2v) is 7.57. The number of hydrogen-bond donors (Lipinski definition) is 1. The molecule has 8 nitrogen and oxygen atoms in total. The third kappa shape index (κ3) is 3.22. The molecule has 9 heteroatoms. The van der Waals surface area contributed by atoms with Crippen LogP contribution in [0, 0.1) is 12.7 Å². The van der Waals surface area contributed by atoms with Gasteiger partial charge in [-0.25, -0.2) is 9.37 Å². The summed E-state index contributed by atoms with van der Waals surface area (Å²) in [6, 6.07) is 8.62. The molecule has 31 heavy (non-hydrogen) atoms. The second kappa shape index (κ2) is 7.50. The summed E-state index contributed by atoms with van der Waals surface area (Å²) in [7, 11) is 1.61. The number of likely N-dealkylation sites (tertiary alicyclic amines) is 1. The Kier molecular flexibility index (Phi) is 4.65. The van der Waals surface area contributed by atoms with Crippen molar-refractivity contribution in [1.29, 1.82) is 0 Å². The van der Waals surface area contributed by atoms with Crippen LogP contribution in [0.25, 0.3) is 16.7 Å². The van der Waals surface area contributed by atoms with Crippen LogP contribution in [0.15, 0.2) is 42.7 Å². The number of nitrogens with one attached hydrogen (secondary N) is 1. The van der Waals surface area contributed by atoms with E-state index in [1.54, 1.807) is 31.1 Å². The molecule has 5 rings (SSSR count). The highest BCUT2D eigenvalue weighted by atomic mass is 19.1. The Balaban J connectivity index is 1.55. The number of H-pyrrole nitrogens is 1. The lowest BCUT2D eigenvalue weighted by Crippen LogP contribution is -2.33. The van der Waals surface area contributed by atoms with Gasteiger partial charge in [0.15, 0.2) is 0 Å².